The van der Waals surface area contributed by atoms with Crippen LogP contribution in [0, 0.1) is 0 Å². The van der Waals surface area contributed by atoms with E-state index in [2.05, 4.69) is 15.1 Å². The predicted octanol–water partition coefficient (Wildman–Crippen LogP) is 2.94. The fourth-order valence-electron chi connectivity index (χ4n) is 2.68. The van der Waals surface area contributed by atoms with Gasteiger partial charge in [0.15, 0.2) is 11.4 Å². The molecule has 0 saturated carbocycles. The molecule has 3 heterocycles. The minimum absolute atomic E-state index is 0.0930. The first-order valence-corrected chi connectivity index (χ1v) is 7.62. The first kappa shape index (κ1) is 14.4. The topological polar surface area (TPSA) is 93.5 Å². The van der Waals surface area contributed by atoms with Crippen molar-refractivity contribution in [3.05, 3.63) is 48.5 Å². The third kappa shape index (κ3) is 2.50. The Labute approximate surface area is 136 Å². The number of aryl methyl sites for hydroxylation is 1. The van der Waals surface area contributed by atoms with Gasteiger partial charge in [-0.05, 0) is 30.7 Å². The summed E-state index contributed by atoms with van der Waals surface area (Å²) in [5.41, 5.74) is 1.51. The highest BCUT2D eigenvalue weighted by Crippen LogP contribution is 2.23. The smallest absolute Gasteiger partial charge is 0.303 e. The Kier molecular flexibility index (Phi) is 3.45. The Bertz CT molecular complexity index is 1020. The van der Waals surface area contributed by atoms with Crippen molar-refractivity contribution in [1.29, 1.82) is 0 Å². The van der Waals surface area contributed by atoms with Gasteiger partial charge in [-0.15, -0.1) is 5.10 Å². The van der Waals surface area contributed by atoms with Crippen LogP contribution >= 0.6 is 0 Å². The van der Waals surface area contributed by atoms with Crippen LogP contribution in [0.2, 0.25) is 0 Å². The van der Waals surface area contributed by atoms with Gasteiger partial charge in [0.05, 0.1) is 11.8 Å². The van der Waals surface area contributed by atoms with Gasteiger partial charge in [0.2, 0.25) is 5.82 Å². The molecule has 0 saturated heterocycles. The van der Waals surface area contributed by atoms with Gasteiger partial charge in [-0.25, -0.2) is 9.97 Å². The standard InChI is InChI=1S/C17H14N4O3/c22-15(23)9-3-8-14-18-12-6-2-1-5-11(12)17-19-16(20-21(14)17)13-7-4-10-24-13/h1-2,4-7,10H,3,8-9H2,(H,22,23). The maximum Gasteiger partial charge on any atom is 0.303 e. The minimum atomic E-state index is -0.818. The van der Waals surface area contributed by atoms with Gasteiger partial charge in [0, 0.05) is 18.2 Å². The van der Waals surface area contributed by atoms with E-state index in [1.165, 1.54) is 0 Å². The Morgan fingerprint density at radius 3 is 2.83 bits per heavy atom. The van der Waals surface area contributed by atoms with Crippen molar-refractivity contribution >= 4 is 22.5 Å². The second kappa shape index (κ2) is 5.77. The first-order valence-electron chi connectivity index (χ1n) is 7.62. The van der Waals surface area contributed by atoms with Crippen LogP contribution in [-0.4, -0.2) is 30.7 Å². The zero-order valence-corrected chi connectivity index (χ0v) is 12.7. The average molecular weight is 322 g/mol. The summed E-state index contributed by atoms with van der Waals surface area (Å²) in [6.07, 6.45) is 2.67. The van der Waals surface area contributed by atoms with Crippen LogP contribution in [0.5, 0.6) is 0 Å². The van der Waals surface area contributed by atoms with Gasteiger partial charge in [-0.3, -0.25) is 4.79 Å². The molecule has 0 unspecified atom stereocenters. The van der Waals surface area contributed by atoms with Gasteiger partial charge >= 0.3 is 5.97 Å². The summed E-state index contributed by atoms with van der Waals surface area (Å²) in [4.78, 5) is 20.0. The Morgan fingerprint density at radius 1 is 1.17 bits per heavy atom. The van der Waals surface area contributed by atoms with Crippen LogP contribution in [-0.2, 0) is 11.2 Å². The molecule has 4 aromatic rings. The number of para-hydroxylation sites is 1. The molecule has 3 aromatic heterocycles. The molecule has 7 nitrogen and oxygen atoms in total. The third-order valence-electron chi connectivity index (χ3n) is 3.78. The molecular formula is C17H14N4O3. The van der Waals surface area contributed by atoms with E-state index >= 15 is 0 Å². The molecule has 0 aliphatic rings. The lowest BCUT2D eigenvalue weighted by Gasteiger charge is -2.05. The number of nitrogens with zero attached hydrogens (tertiary/aromatic N) is 4. The summed E-state index contributed by atoms with van der Waals surface area (Å²) >= 11 is 0. The lowest BCUT2D eigenvalue weighted by Crippen LogP contribution is -2.05. The van der Waals surface area contributed by atoms with Crippen molar-refractivity contribution < 1.29 is 14.3 Å². The van der Waals surface area contributed by atoms with Gasteiger partial charge in [0.1, 0.15) is 5.82 Å². The van der Waals surface area contributed by atoms with Crippen molar-refractivity contribution in [2.45, 2.75) is 19.3 Å². The SMILES string of the molecule is O=C(O)CCCc1nc2ccccc2c2nc(-c3ccco3)nn12. The normalized spacial score (nSPS) is 11.3. The lowest BCUT2D eigenvalue weighted by molar-refractivity contribution is -0.137. The number of fused-ring (bicyclic) bond motifs is 3. The number of carbonyl (C=O) groups is 1. The zero-order chi connectivity index (χ0) is 16.5. The summed E-state index contributed by atoms with van der Waals surface area (Å²) in [7, 11) is 0. The quantitative estimate of drug-likeness (QED) is 0.607. The highest BCUT2D eigenvalue weighted by Gasteiger charge is 2.15. The third-order valence-corrected chi connectivity index (χ3v) is 3.78. The molecule has 0 fully saturated rings. The number of carboxylic acids is 1. The molecule has 1 N–H and O–H groups in total. The number of hydrogen-bond donors (Lipinski definition) is 1. The van der Waals surface area contributed by atoms with E-state index in [1.807, 2.05) is 24.3 Å². The second-order valence-electron chi connectivity index (χ2n) is 5.44. The van der Waals surface area contributed by atoms with E-state index in [0.29, 0.717) is 35.9 Å². The monoisotopic (exact) mass is 322 g/mol. The summed E-state index contributed by atoms with van der Waals surface area (Å²) in [6, 6.07) is 11.3. The summed E-state index contributed by atoms with van der Waals surface area (Å²) in [6.45, 7) is 0. The number of carboxylic acid groups (broad SMARTS) is 1. The molecule has 0 radical (unpaired) electrons. The zero-order valence-electron chi connectivity index (χ0n) is 12.7. The van der Waals surface area contributed by atoms with Gasteiger partial charge in [0.25, 0.3) is 0 Å². The molecule has 7 heteroatoms. The lowest BCUT2D eigenvalue weighted by atomic mass is 10.2. The predicted molar refractivity (Wildman–Crippen MR) is 86.6 cm³/mol. The minimum Gasteiger partial charge on any atom is -0.481 e. The average Bonchev–Trinajstić information content (AvgIpc) is 3.24. The van der Waals surface area contributed by atoms with Crippen molar-refractivity contribution in [1.82, 2.24) is 19.6 Å². The number of aliphatic carboxylic acids is 1. The molecule has 0 bridgehead atoms. The van der Waals surface area contributed by atoms with E-state index in [-0.39, 0.29) is 6.42 Å². The Morgan fingerprint density at radius 2 is 2.04 bits per heavy atom. The summed E-state index contributed by atoms with van der Waals surface area (Å²) < 4.78 is 7.06. The number of furan rings is 1. The summed E-state index contributed by atoms with van der Waals surface area (Å²) in [5.74, 6) is 0.939. The number of aromatic nitrogens is 4. The second-order valence-corrected chi connectivity index (χ2v) is 5.44. The van der Waals surface area contributed by atoms with Gasteiger partial charge in [-0.2, -0.15) is 4.52 Å². The van der Waals surface area contributed by atoms with Crippen LogP contribution in [0.25, 0.3) is 28.1 Å². The highest BCUT2D eigenvalue weighted by atomic mass is 16.4. The van der Waals surface area contributed by atoms with Crippen molar-refractivity contribution in [2.24, 2.45) is 0 Å². The molecule has 0 spiro atoms. The number of rotatable bonds is 5. The van der Waals surface area contributed by atoms with Crippen LogP contribution in [0.15, 0.2) is 47.1 Å². The maximum absolute atomic E-state index is 10.8. The molecular weight excluding hydrogens is 308 g/mol. The van der Waals surface area contributed by atoms with E-state index in [0.717, 1.165) is 10.9 Å². The van der Waals surface area contributed by atoms with E-state index in [4.69, 9.17) is 9.52 Å². The molecule has 1 aromatic carbocycles. The molecule has 0 aliphatic heterocycles. The van der Waals surface area contributed by atoms with Crippen molar-refractivity contribution in [3.63, 3.8) is 0 Å². The van der Waals surface area contributed by atoms with Crippen LogP contribution in [0.1, 0.15) is 18.7 Å². The van der Waals surface area contributed by atoms with Gasteiger partial charge in [-0.1, -0.05) is 12.1 Å². The fraction of sp³-hybridized carbons (Fsp3) is 0.176. The van der Waals surface area contributed by atoms with E-state index in [9.17, 15) is 4.79 Å². The van der Waals surface area contributed by atoms with Crippen molar-refractivity contribution in [3.8, 4) is 11.6 Å². The first-order chi connectivity index (χ1) is 11.7. The van der Waals surface area contributed by atoms with E-state index in [1.54, 1.807) is 22.9 Å². The molecule has 4 rings (SSSR count). The largest absolute Gasteiger partial charge is 0.481 e. The Hall–Kier alpha value is -3.22. The molecule has 120 valence electrons. The molecule has 0 amide bonds. The van der Waals surface area contributed by atoms with Crippen molar-refractivity contribution in [2.75, 3.05) is 0 Å². The number of benzene rings is 1. The molecule has 0 atom stereocenters. The van der Waals surface area contributed by atoms with Crippen LogP contribution in [0.4, 0.5) is 0 Å². The van der Waals surface area contributed by atoms with E-state index < -0.39 is 5.97 Å². The fourth-order valence-corrected chi connectivity index (χ4v) is 2.68. The van der Waals surface area contributed by atoms with Crippen LogP contribution < -0.4 is 0 Å². The van der Waals surface area contributed by atoms with Gasteiger partial charge < -0.3 is 9.52 Å². The van der Waals surface area contributed by atoms with Crippen LogP contribution in [0.3, 0.4) is 0 Å². The Balaban J connectivity index is 1.87. The highest BCUT2D eigenvalue weighted by molar-refractivity contribution is 5.91. The summed E-state index contributed by atoms with van der Waals surface area (Å²) in [5, 5.41) is 14.2. The molecule has 0 aliphatic carbocycles. The molecule has 24 heavy (non-hydrogen) atoms. The number of hydrogen-bond acceptors (Lipinski definition) is 5. The maximum atomic E-state index is 10.8.